The average molecular weight is 302 g/mol. The van der Waals surface area contributed by atoms with Gasteiger partial charge in [0, 0.05) is 0 Å². The molecule has 0 aliphatic heterocycles. The number of nitrogens with zero attached hydrogens (tertiary/aromatic N) is 2. The van der Waals surface area contributed by atoms with E-state index in [4.69, 9.17) is 0 Å². The summed E-state index contributed by atoms with van der Waals surface area (Å²) in [5.74, 6) is 0. The molecule has 0 fully saturated rings. The molecule has 0 aliphatic rings. The molecule has 0 bridgehead atoms. The van der Waals surface area contributed by atoms with Crippen molar-refractivity contribution in [3.63, 3.8) is 0 Å². The van der Waals surface area contributed by atoms with Crippen molar-refractivity contribution in [2.45, 2.75) is 0 Å². The Morgan fingerprint density at radius 1 is 0.923 bits per heavy atom. The first-order chi connectivity index (χ1) is 5.41. The Balaban J connectivity index is 5.25. The standard InChI is InChI=1S/ClF6N2P3S/c1-10(2,3)8-11(4,5)9-12(6,7)13. The number of hydrogen-bond acceptors (Lipinski definition) is 1. The third-order valence-electron chi connectivity index (χ3n) is 0.421. The van der Waals surface area contributed by atoms with Crippen LogP contribution >= 0.6 is 32.9 Å². The molecule has 0 atom stereocenters. The highest BCUT2D eigenvalue weighted by atomic mass is 35.7. The zero-order chi connectivity index (χ0) is 10.9. The quantitative estimate of drug-likeness (QED) is 0.443. The predicted octanol–water partition coefficient (Wildman–Crippen LogP) is 6.16. The van der Waals surface area contributed by atoms with Crippen LogP contribution in [0.3, 0.4) is 0 Å². The molecule has 0 amide bonds. The normalized spacial score (nSPS) is 14.1. The number of hydrogen-bond donors (Lipinski definition) is 0. The molecule has 0 rings (SSSR count). The van der Waals surface area contributed by atoms with Crippen LogP contribution in [0.5, 0.6) is 0 Å². The Morgan fingerprint density at radius 3 is 1.54 bits per heavy atom. The van der Waals surface area contributed by atoms with Gasteiger partial charge < -0.3 is 0 Å². The van der Waals surface area contributed by atoms with Crippen LogP contribution in [0.1, 0.15) is 0 Å². The van der Waals surface area contributed by atoms with Crippen LogP contribution in [0.4, 0.5) is 25.2 Å². The van der Waals surface area contributed by atoms with Crippen LogP contribution in [0, 0.1) is 0 Å². The van der Waals surface area contributed by atoms with Crippen molar-refractivity contribution in [2.75, 3.05) is 0 Å². The minimum absolute atomic E-state index is 1.46. The van der Waals surface area contributed by atoms with Gasteiger partial charge in [-0.2, -0.15) is 16.8 Å². The first-order valence-electron chi connectivity index (χ1n) is 2.17. The second-order valence-electron chi connectivity index (χ2n) is 1.49. The Kier molecular flexibility index (Phi) is 4.55. The molecule has 0 aliphatic carbocycles. The fourth-order valence-electron chi connectivity index (χ4n) is 0.265. The lowest BCUT2D eigenvalue weighted by Crippen LogP contribution is -1.56. The lowest BCUT2D eigenvalue weighted by molar-refractivity contribution is 0.704. The van der Waals surface area contributed by atoms with Gasteiger partial charge in [-0.25, -0.2) is 0 Å². The number of halogens is 7. The second-order valence-corrected chi connectivity index (χ2v) is 8.07. The Hall–Kier alpha value is 0.980. The highest BCUT2D eigenvalue weighted by molar-refractivity contribution is 8.10. The van der Waals surface area contributed by atoms with Gasteiger partial charge in [0.15, 0.2) is 0 Å². The molecule has 0 radical (unpaired) electrons. The van der Waals surface area contributed by atoms with E-state index in [1.165, 1.54) is 9.03 Å². The van der Waals surface area contributed by atoms with Crippen molar-refractivity contribution in [3.05, 3.63) is 0 Å². The maximum atomic E-state index is 12.1. The molecular formula is ClF6N2P3S. The van der Waals surface area contributed by atoms with E-state index in [0.29, 0.717) is 0 Å². The molecule has 0 spiro atoms. The summed E-state index contributed by atoms with van der Waals surface area (Å²) in [7, 11) is -11.8. The van der Waals surface area contributed by atoms with Crippen LogP contribution in [0.25, 0.3) is 0 Å². The summed E-state index contributed by atoms with van der Waals surface area (Å²) in [6.45, 7) is -5.58. The van der Waals surface area contributed by atoms with Gasteiger partial charge in [0.2, 0.25) is 0 Å². The lowest BCUT2D eigenvalue weighted by atomic mass is 13.9. The van der Waals surface area contributed by atoms with Gasteiger partial charge >= 0.3 is 21.7 Å². The molecule has 0 heterocycles. The van der Waals surface area contributed by atoms with E-state index < -0.39 is 21.7 Å². The van der Waals surface area contributed by atoms with Gasteiger partial charge in [0.05, 0.1) is 0 Å². The van der Waals surface area contributed by atoms with Crippen molar-refractivity contribution >= 4 is 44.7 Å². The molecule has 0 unspecified atom stereocenters. The summed E-state index contributed by atoms with van der Waals surface area (Å²) in [5, 5.41) is 0. The average Bonchev–Trinajstić information content (AvgIpc) is 1.43. The van der Waals surface area contributed by atoms with Gasteiger partial charge in [0.1, 0.15) is 0 Å². The second kappa shape index (κ2) is 4.23. The van der Waals surface area contributed by atoms with Crippen molar-refractivity contribution in [1.82, 2.24) is 0 Å². The Bertz CT molecular complexity index is 324. The molecular weight excluding hydrogens is 302 g/mol. The van der Waals surface area contributed by atoms with Crippen LogP contribution in [-0.4, -0.2) is 0 Å². The first-order valence-corrected chi connectivity index (χ1v) is 8.61. The maximum Gasteiger partial charge on any atom is 0.424 e. The summed E-state index contributed by atoms with van der Waals surface area (Å²) < 4.78 is 74.2. The molecule has 0 N–H and O–H groups in total. The van der Waals surface area contributed by atoms with Crippen molar-refractivity contribution < 1.29 is 25.2 Å². The molecule has 0 saturated heterocycles. The van der Waals surface area contributed by atoms with Gasteiger partial charge in [-0.1, -0.05) is 0 Å². The fourth-order valence-corrected chi connectivity index (χ4v) is 4.23. The van der Waals surface area contributed by atoms with Gasteiger partial charge in [-0.15, -0.1) is 17.4 Å². The molecule has 2 nitrogen and oxygen atoms in total. The lowest BCUT2D eigenvalue weighted by Gasteiger charge is -2.00. The maximum absolute atomic E-state index is 12.1. The molecule has 0 aromatic carbocycles. The summed E-state index contributed by atoms with van der Waals surface area (Å²) >= 11 is 7.32. The highest BCUT2D eigenvalue weighted by Crippen LogP contribution is 2.74. The Labute approximate surface area is 79.4 Å². The van der Waals surface area contributed by atoms with E-state index in [2.05, 4.69) is 23.0 Å². The minimum Gasteiger partial charge on any atom is -0.157 e. The fraction of sp³-hybridized carbons (Fsp3) is 0. The van der Waals surface area contributed by atoms with Gasteiger partial charge in [0.25, 0.3) is 0 Å². The van der Waals surface area contributed by atoms with Crippen molar-refractivity contribution in [3.8, 4) is 0 Å². The third-order valence-corrected chi connectivity index (χ3v) is 5.05. The summed E-state index contributed by atoms with van der Waals surface area (Å²) in [4.78, 5) is 0. The van der Waals surface area contributed by atoms with E-state index >= 15 is 0 Å². The van der Waals surface area contributed by atoms with Crippen LogP contribution in [-0.2, 0) is 11.8 Å². The van der Waals surface area contributed by atoms with E-state index in [-0.39, 0.29) is 0 Å². The van der Waals surface area contributed by atoms with E-state index in [0.717, 1.165) is 0 Å². The van der Waals surface area contributed by atoms with E-state index in [9.17, 15) is 25.2 Å². The van der Waals surface area contributed by atoms with Gasteiger partial charge in [-0.05, 0) is 23.0 Å². The predicted molar refractivity (Wildman–Crippen MR) is 45.5 cm³/mol. The smallest absolute Gasteiger partial charge is 0.157 e. The van der Waals surface area contributed by atoms with Crippen molar-refractivity contribution in [1.29, 1.82) is 0 Å². The summed E-state index contributed by atoms with van der Waals surface area (Å²) in [6, 6.07) is 0. The molecule has 0 aromatic rings. The largest absolute Gasteiger partial charge is 0.424 e. The topological polar surface area (TPSA) is 24.7 Å². The molecule has 13 heteroatoms. The van der Waals surface area contributed by atoms with Gasteiger partial charge in [-0.3, -0.25) is 0 Å². The number of rotatable bonds is 2. The first kappa shape index (κ1) is 14.0. The summed E-state index contributed by atoms with van der Waals surface area (Å²) in [6.07, 6.45) is 0. The SMILES string of the molecule is FP(F)(=S)N=P(F)(F)N=P(F)(F)Cl. The van der Waals surface area contributed by atoms with Crippen LogP contribution in [0.15, 0.2) is 9.03 Å². The Morgan fingerprint density at radius 2 is 1.31 bits per heavy atom. The van der Waals surface area contributed by atoms with Crippen LogP contribution in [0.2, 0.25) is 0 Å². The molecule has 13 heavy (non-hydrogen) atoms. The third kappa shape index (κ3) is 9.29. The highest BCUT2D eigenvalue weighted by Gasteiger charge is 2.28. The van der Waals surface area contributed by atoms with E-state index in [1.54, 1.807) is 0 Å². The summed E-state index contributed by atoms with van der Waals surface area (Å²) in [5.41, 5.74) is 0. The molecule has 0 aromatic heterocycles. The molecule has 0 saturated carbocycles. The zero-order valence-electron chi connectivity index (χ0n) is 5.29. The van der Waals surface area contributed by atoms with Crippen LogP contribution < -0.4 is 0 Å². The van der Waals surface area contributed by atoms with Crippen molar-refractivity contribution in [2.24, 2.45) is 9.03 Å². The van der Waals surface area contributed by atoms with E-state index in [1.807, 2.05) is 0 Å². The monoisotopic (exact) mass is 302 g/mol. The molecule has 80 valence electrons. The minimum atomic E-state index is -6.07. The zero-order valence-corrected chi connectivity index (χ0v) is 9.55.